The maximum Gasteiger partial charge on any atom is 0.371 e. The van der Waals surface area contributed by atoms with Gasteiger partial charge in [0.25, 0.3) is 27.6 Å². The summed E-state index contributed by atoms with van der Waals surface area (Å²) in [5.74, 6) is -11.7. The molecule has 6 aromatic heterocycles. The number of hydroxylamine groups is 2. The first kappa shape index (κ1) is 128. The largest absolute Gasteiger partial charge is 0.491 e. The van der Waals surface area contributed by atoms with Gasteiger partial charge in [-0.05, 0) is 286 Å². The summed E-state index contributed by atoms with van der Waals surface area (Å²) in [6.07, 6.45) is 9.92. The van der Waals surface area contributed by atoms with E-state index >= 15 is 0 Å². The van der Waals surface area contributed by atoms with Crippen molar-refractivity contribution in [1.29, 1.82) is 10.5 Å². The molecule has 0 atom stereocenters. The molecule has 1 fully saturated rings. The molecule has 14 rings (SSSR count). The van der Waals surface area contributed by atoms with Crippen molar-refractivity contribution in [3.8, 4) is 23.6 Å². The topological polar surface area (TPSA) is 402 Å². The second-order valence-corrected chi connectivity index (χ2v) is 38.4. The molecule has 7 aromatic carbocycles. The van der Waals surface area contributed by atoms with Crippen LogP contribution in [0.4, 0.5) is 22.0 Å². The summed E-state index contributed by atoms with van der Waals surface area (Å²) in [6.45, 7) is 55.2. The third kappa shape index (κ3) is 48.6. The Morgan fingerprint density at radius 3 is 1.30 bits per heavy atom. The van der Waals surface area contributed by atoms with E-state index in [2.05, 4.69) is 155 Å². The summed E-state index contributed by atoms with van der Waals surface area (Å²) in [5, 5.41) is 50.5. The van der Waals surface area contributed by atoms with E-state index in [-0.39, 0.29) is 96.3 Å². The number of aryl methyl sites for hydroxylation is 5. The highest BCUT2D eigenvalue weighted by molar-refractivity contribution is 7.99. The van der Waals surface area contributed by atoms with Crippen molar-refractivity contribution in [2.45, 2.75) is 296 Å². The summed E-state index contributed by atoms with van der Waals surface area (Å²) in [7, 11) is -1.55. The Morgan fingerprint density at radius 1 is 0.473 bits per heavy atom. The highest BCUT2D eigenvalue weighted by Crippen LogP contribution is 2.30. The van der Waals surface area contributed by atoms with Crippen molar-refractivity contribution >= 4 is 84.1 Å². The number of para-hydroxylation sites is 2. The maximum atomic E-state index is 12.9. The Kier molecular flexibility index (Phi) is 57.3. The SMILES string of the molecule is CC(C)O/N=C(/C#N)c1ccccc1.CC(C)ON1C(=O)CCC1=O.CC(C)Oc1c(F)c(F)c(F)c(F)c1F.CC(C)On1nnc2ccccc21.CC(C)On1nnc2ccccc21.CC(C)On1nnc2ccccc2c1=O.CC(C)n1cc[n+](C)c1.CC(C)n1cccc1.CCOC(=O)/C(C#N)=N\OC(C)C.Cc1cc(C)nc(SC(C)C)n1.Cc1ccc(OC(C)C)cc1.Cc1ccc(S(=O)(=O)OC(C)C)cc1. The van der Waals surface area contributed by atoms with Crippen molar-refractivity contribution in [2.75, 3.05) is 6.61 Å². The summed E-state index contributed by atoms with van der Waals surface area (Å²) >= 11 is 1.70. The fourth-order valence-corrected chi connectivity index (χ4v) is 12.9. The van der Waals surface area contributed by atoms with Crippen LogP contribution in [-0.4, -0.2) is 174 Å². The van der Waals surface area contributed by atoms with Gasteiger partial charge in [0.15, 0.2) is 16.6 Å². The van der Waals surface area contributed by atoms with E-state index < -0.39 is 57.0 Å². The van der Waals surface area contributed by atoms with Gasteiger partial charge < -0.3 is 43.0 Å². The van der Waals surface area contributed by atoms with Crippen molar-refractivity contribution in [3.05, 3.63) is 268 Å². The standard InChI is InChI=1S/C11H12N2O.C10H11N3O2.C10H14O3S.C10H14O.C9H7F5O.2C9H11N3O.C9H14N2S.C8H12N2O3.C7H13N2.C7H11NO3.C7H11N/c1-9(2)14-13-11(8-12)10-6-4-3-5-7-10;1-7(2)15-13-10(14)8-5-3-4-6-9(8)11-12-13;1-8(2)13-14(11,12)10-6-4-9(3)5-7-10;1-8(2)11-10-6-4-9(3)5-7-10;1-3(2)15-9-7(13)5(11)4(10)6(12)8(9)14;2*1-7(2)13-12-9-6-4-3-5-8(9)10-11-12;1-6(2)12-9-10-7(3)5-8(4)11-9;1-4-12-8(11)7(5-9)10-13-6(2)3;1-7(2)9-5-4-8(3)6-9;1-5(2)11-8-6(9)3-4-7(8)10;1-7(2)8-5-3-4-6-8/h3-7,9H,1-2H3;3-7H,1-2H3;4-8H,1-3H3;4-8H,1-3H3;3H,1-2H3;2*3-7H,1-2H3;5-6H,1-4H3;6H,4H2,1-3H3;4-7H,1-3H3;5H,3-4H2,1-2H3;3-7H,1-2H3/q;;;;;;;;;+1;;/b13-11-;;;;;;;;10-7-;;;. The van der Waals surface area contributed by atoms with Crippen molar-refractivity contribution < 1.29 is 96.7 Å². The molecule has 13 aromatic rings. The van der Waals surface area contributed by atoms with Crippen molar-refractivity contribution in [2.24, 2.45) is 17.4 Å². The number of rotatable bonds is 26. The van der Waals surface area contributed by atoms with Crippen LogP contribution < -0.4 is 34.1 Å². The van der Waals surface area contributed by atoms with Gasteiger partial charge in [0, 0.05) is 53.5 Å². The summed E-state index contributed by atoms with van der Waals surface area (Å²) in [4.78, 5) is 87.9. The number of imidazole rings is 1. The van der Waals surface area contributed by atoms with E-state index in [1.54, 1.807) is 109 Å². The Balaban J connectivity index is 0.000000416. The first-order chi connectivity index (χ1) is 69.7. The van der Waals surface area contributed by atoms with Gasteiger partial charge in [0.05, 0.1) is 54.4 Å². The monoisotopic (exact) mass is 2100 g/mol. The average molecular weight is 2100 g/mol. The van der Waals surface area contributed by atoms with E-state index in [0.717, 1.165) is 65.4 Å². The zero-order valence-electron chi connectivity index (χ0n) is 89.8. The Morgan fingerprint density at radius 2 is 0.899 bits per heavy atom. The molecule has 148 heavy (non-hydrogen) atoms. The number of ether oxygens (including phenoxy) is 3. The number of aromatic nitrogens is 14. The summed E-state index contributed by atoms with van der Waals surface area (Å²) in [5.41, 5.74) is 8.88. The van der Waals surface area contributed by atoms with Crippen LogP contribution in [-0.2, 0) is 55.0 Å². The predicted molar refractivity (Wildman–Crippen MR) is 559 cm³/mol. The minimum atomic E-state index is -3.58. The molecule has 0 aliphatic carbocycles. The van der Waals surface area contributed by atoms with Gasteiger partial charge in [-0.2, -0.15) is 32.8 Å². The van der Waals surface area contributed by atoms with E-state index in [0.29, 0.717) is 33.9 Å². The molecule has 1 aliphatic rings. The maximum absolute atomic E-state index is 12.9. The molecule has 0 radical (unpaired) electrons. The summed E-state index contributed by atoms with van der Waals surface area (Å²) < 4.78 is 112. The molecule has 0 saturated carbocycles. The molecule has 0 spiro atoms. The third-order valence-electron chi connectivity index (χ3n) is 17.3. The number of nitriles is 2. The molecule has 35 nitrogen and oxygen atoms in total. The lowest BCUT2D eigenvalue weighted by Gasteiger charge is -2.15. The molecule has 2 amide bonds. The molecule has 0 bridgehead atoms. The van der Waals surface area contributed by atoms with Gasteiger partial charge in [0.1, 0.15) is 88.4 Å². The third-order valence-corrected chi connectivity index (χ3v) is 19.7. The molecule has 0 N–H and O–H groups in total. The number of amides is 2. The number of carbonyl (C=O) groups is 3. The normalized spacial score (nSPS) is 11.5. The van der Waals surface area contributed by atoms with Gasteiger partial charge in [0.2, 0.25) is 35.4 Å². The van der Waals surface area contributed by atoms with Gasteiger partial charge >= 0.3 is 11.5 Å². The number of nitrogens with zero attached hydrogens (tertiary/aromatic N) is 19. The molecular weight excluding hydrogens is 1950 g/mol. The molecule has 802 valence electrons. The Bertz CT molecular complexity index is 6340. The zero-order chi connectivity index (χ0) is 111. The van der Waals surface area contributed by atoms with E-state index in [9.17, 15) is 49.5 Å². The van der Waals surface area contributed by atoms with Crippen LogP contribution in [0.2, 0.25) is 0 Å². The van der Waals surface area contributed by atoms with Crippen LogP contribution in [0.1, 0.15) is 226 Å². The zero-order valence-corrected chi connectivity index (χ0v) is 91.5. The van der Waals surface area contributed by atoms with Crippen LogP contribution in [0.5, 0.6) is 11.5 Å². The van der Waals surface area contributed by atoms with Gasteiger partial charge in [-0.25, -0.2) is 37.1 Å². The number of hydrogen-bond acceptors (Lipinski definition) is 29. The average Bonchev–Trinajstić information content (AvgIpc) is 1.30. The number of carbonyl (C=O) groups excluding carboxylic acids is 3. The summed E-state index contributed by atoms with van der Waals surface area (Å²) in [6, 6.07) is 57.2. The number of benzene rings is 7. The lowest BCUT2D eigenvalue weighted by atomic mass is 10.1. The molecule has 7 heterocycles. The highest BCUT2D eigenvalue weighted by atomic mass is 32.2. The smallest absolute Gasteiger partial charge is 0.371 e. The number of oxime groups is 2. The number of esters is 1. The molecule has 1 aliphatic heterocycles. The number of thioether (sulfide) groups is 1. The van der Waals surface area contributed by atoms with Crippen LogP contribution in [0.3, 0.4) is 0 Å². The number of halogens is 5. The Hall–Kier alpha value is -14.6. The van der Waals surface area contributed by atoms with E-state index in [4.69, 9.17) is 48.5 Å². The first-order valence-electron chi connectivity index (χ1n) is 47.8. The predicted octanol–water partition coefficient (Wildman–Crippen LogP) is 20.5. The van der Waals surface area contributed by atoms with Gasteiger partial charge in [-0.1, -0.05) is 148 Å². The van der Waals surface area contributed by atoms with Crippen LogP contribution in [0.15, 0.2) is 226 Å². The Labute approximate surface area is 868 Å². The highest BCUT2D eigenvalue weighted by Gasteiger charge is 2.31. The molecule has 0 unspecified atom stereocenters. The van der Waals surface area contributed by atoms with Crippen molar-refractivity contribution in [1.82, 2.24) is 69.6 Å². The first-order valence-corrected chi connectivity index (χ1v) is 50.1. The minimum Gasteiger partial charge on any atom is -0.491 e. The number of imide groups is 1. The van der Waals surface area contributed by atoms with Gasteiger partial charge in [-0.3, -0.25) is 23.4 Å². The molecular formula is C106H141F5N19O16S2+. The number of fused-ring (bicyclic) bond motifs is 3. The second-order valence-electron chi connectivity index (χ2n) is 35.3. The molecule has 42 heteroatoms. The van der Waals surface area contributed by atoms with Crippen LogP contribution in [0.25, 0.3) is 33.0 Å². The molecule has 1 saturated heterocycles. The lowest BCUT2D eigenvalue weighted by Crippen LogP contribution is -2.33. The number of hydrogen-bond donors (Lipinski definition) is 0. The van der Waals surface area contributed by atoms with Crippen molar-refractivity contribution in [3.63, 3.8) is 0 Å². The quantitative estimate of drug-likeness (QED) is 0.00415. The lowest BCUT2D eigenvalue weighted by molar-refractivity contribution is -0.671. The van der Waals surface area contributed by atoms with E-state index in [1.807, 2.05) is 229 Å². The van der Waals surface area contributed by atoms with Crippen LogP contribution in [0, 0.1) is 79.4 Å². The van der Waals surface area contributed by atoms with Gasteiger partial charge in [-0.15, -0.1) is 15.3 Å². The fourth-order valence-electron chi connectivity index (χ4n) is 11.0. The fraction of sp³-hybridized carbons (Fsp3) is 0.425. The second kappa shape index (κ2) is 66.5. The minimum absolute atomic E-state index is 0.0120. The van der Waals surface area contributed by atoms with Crippen LogP contribution >= 0.6 is 11.8 Å². The van der Waals surface area contributed by atoms with E-state index in [1.165, 1.54) is 29.1 Å².